The van der Waals surface area contributed by atoms with Crippen LogP contribution in [0.25, 0.3) is 0 Å². The summed E-state index contributed by atoms with van der Waals surface area (Å²) in [6.07, 6.45) is 6.66. The SMILES string of the molecule is CC1SC(c2cncnc2)=NC1N1CCC2=NC(c3c(F)cccc3F)CC2C1. The van der Waals surface area contributed by atoms with Gasteiger partial charge in [-0.25, -0.2) is 18.7 Å². The van der Waals surface area contributed by atoms with Crippen LogP contribution in [0, 0.1) is 17.6 Å². The van der Waals surface area contributed by atoms with E-state index in [1.807, 2.05) is 0 Å². The fourth-order valence-corrected chi connectivity index (χ4v) is 5.64. The van der Waals surface area contributed by atoms with Gasteiger partial charge in [-0.15, -0.1) is 0 Å². The Morgan fingerprint density at radius 1 is 1.10 bits per heavy atom. The second-order valence-electron chi connectivity index (χ2n) is 7.75. The van der Waals surface area contributed by atoms with E-state index in [1.165, 1.54) is 24.5 Å². The highest BCUT2D eigenvalue weighted by atomic mass is 32.2. The standard InChI is InChI=1S/C21H21F2N5S/c1-12-20(27-21(29-12)14-8-24-11-25-9-14)28-6-5-17-13(10-28)7-18(26-17)19-15(22)3-2-4-16(19)23/h2-4,8-9,11-13,18,20H,5-7,10H2,1H3. The summed E-state index contributed by atoms with van der Waals surface area (Å²) in [4.78, 5) is 20.2. The van der Waals surface area contributed by atoms with Gasteiger partial charge in [0.2, 0.25) is 0 Å². The highest BCUT2D eigenvalue weighted by molar-refractivity contribution is 8.15. The molecule has 1 aromatic carbocycles. The van der Waals surface area contributed by atoms with Crippen LogP contribution in [-0.2, 0) is 0 Å². The van der Waals surface area contributed by atoms with Crippen LogP contribution in [0.2, 0.25) is 0 Å². The van der Waals surface area contributed by atoms with E-state index in [0.29, 0.717) is 11.7 Å². The second-order valence-corrected chi connectivity index (χ2v) is 9.11. The van der Waals surface area contributed by atoms with Crippen LogP contribution >= 0.6 is 11.8 Å². The Hall–Kier alpha value is -2.19. The molecule has 3 aliphatic heterocycles. The van der Waals surface area contributed by atoms with Crippen molar-refractivity contribution in [2.45, 2.75) is 37.2 Å². The van der Waals surface area contributed by atoms with E-state index in [0.717, 1.165) is 35.8 Å². The van der Waals surface area contributed by atoms with Crippen molar-refractivity contribution in [1.29, 1.82) is 0 Å². The molecule has 0 saturated carbocycles. The third kappa shape index (κ3) is 3.48. The average molecular weight is 413 g/mol. The number of likely N-dealkylation sites (tertiary alicyclic amines) is 1. The van der Waals surface area contributed by atoms with Crippen molar-refractivity contribution in [3.63, 3.8) is 0 Å². The molecular formula is C21H21F2N5S. The Kier molecular flexibility index (Phi) is 4.91. The molecule has 5 nitrogen and oxygen atoms in total. The molecule has 0 radical (unpaired) electrons. The number of aromatic nitrogens is 2. The van der Waals surface area contributed by atoms with E-state index in [-0.39, 0.29) is 17.6 Å². The molecule has 29 heavy (non-hydrogen) atoms. The van der Waals surface area contributed by atoms with Crippen molar-refractivity contribution < 1.29 is 8.78 Å². The monoisotopic (exact) mass is 413 g/mol. The van der Waals surface area contributed by atoms with Crippen LogP contribution in [0.3, 0.4) is 0 Å². The average Bonchev–Trinajstić information content (AvgIpc) is 3.31. The molecule has 3 aliphatic rings. The first-order valence-corrected chi connectivity index (χ1v) is 10.7. The maximum atomic E-state index is 14.2. The van der Waals surface area contributed by atoms with Gasteiger partial charge in [0.05, 0.1) is 6.04 Å². The highest BCUT2D eigenvalue weighted by Crippen LogP contribution is 2.40. The molecule has 4 unspecified atom stereocenters. The zero-order valence-electron chi connectivity index (χ0n) is 16.0. The number of piperidine rings is 1. The zero-order valence-corrected chi connectivity index (χ0v) is 16.8. The normalized spacial score (nSPS) is 29.5. The number of rotatable bonds is 3. The number of hydrogen-bond acceptors (Lipinski definition) is 6. The van der Waals surface area contributed by atoms with E-state index in [1.54, 1.807) is 24.2 Å². The van der Waals surface area contributed by atoms with Crippen LogP contribution in [0.15, 0.2) is 46.9 Å². The Bertz CT molecular complexity index is 960. The summed E-state index contributed by atoms with van der Waals surface area (Å²) >= 11 is 1.75. The van der Waals surface area contributed by atoms with Crippen LogP contribution in [0.1, 0.15) is 36.9 Å². The smallest absolute Gasteiger partial charge is 0.131 e. The number of nitrogens with zero attached hydrogens (tertiary/aromatic N) is 5. The van der Waals surface area contributed by atoms with Crippen molar-refractivity contribution in [2.24, 2.45) is 15.9 Å². The van der Waals surface area contributed by atoms with Crippen molar-refractivity contribution in [2.75, 3.05) is 13.1 Å². The molecule has 5 rings (SSSR count). The number of fused-ring (bicyclic) bond motifs is 1. The summed E-state index contributed by atoms with van der Waals surface area (Å²) in [6.45, 7) is 3.87. The minimum absolute atomic E-state index is 0.0843. The quantitative estimate of drug-likeness (QED) is 0.767. The lowest BCUT2D eigenvalue weighted by Crippen LogP contribution is -2.46. The predicted octanol–water partition coefficient (Wildman–Crippen LogP) is 3.87. The van der Waals surface area contributed by atoms with Crippen LogP contribution < -0.4 is 0 Å². The maximum absolute atomic E-state index is 14.2. The summed E-state index contributed by atoms with van der Waals surface area (Å²) in [7, 11) is 0. The van der Waals surface area contributed by atoms with Gasteiger partial charge >= 0.3 is 0 Å². The molecule has 1 fully saturated rings. The Balaban J connectivity index is 1.32. The molecule has 1 aromatic heterocycles. The fraction of sp³-hybridized carbons (Fsp3) is 0.429. The van der Waals surface area contributed by atoms with Gasteiger partial charge in [-0.3, -0.25) is 14.9 Å². The molecule has 4 atom stereocenters. The van der Waals surface area contributed by atoms with Crippen LogP contribution in [0.5, 0.6) is 0 Å². The van der Waals surface area contributed by atoms with Gasteiger partial charge in [0, 0.05) is 53.5 Å². The van der Waals surface area contributed by atoms with Gasteiger partial charge in [0.1, 0.15) is 29.2 Å². The number of hydrogen-bond donors (Lipinski definition) is 0. The Labute approximate surface area is 172 Å². The summed E-state index contributed by atoms with van der Waals surface area (Å²) in [5, 5.41) is 1.30. The number of halogens is 2. The molecule has 2 aromatic rings. The Morgan fingerprint density at radius 3 is 2.62 bits per heavy atom. The van der Waals surface area contributed by atoms with Crippen LogP contribution in [-0.4, -0.2) is 50.1 Å². The summed E-state index contributed by atoms with van der Waals surface area (Å²) < 4.78 is 28.4. The first-order valence-electron chi connectivity index (χ1n) is 9.84. The predicted molar refractivity (Wildman–Crippen MR) is 110 cm³/mol. The first kappa shape index (κ1) is 18.8. The molecule has 0 aliphatic carbocycles. The minimum Gasteiger partial charge on any atom is -0.285 e. The molecule has 0 amide bonds. The third-order valence-corrected chi connectivity index (χ3v) is 7.07. The molecular weight excluding hydrogens is 392 g/mol. The van der Waals surface area contributed by atoms with Crippen molar-refractivity contribution in [3.05, 3.63) is 59.7 Å². The Morgan fingerprint density at radius 2 is 1.86 bits per heavy atom. The van der Waals surface area contributed by atoms with Gasteiger partial charge in [-0.1, -0.05) is 17.8 Å². The van der Waals surface area contributed by atoms with E-state index < -0.39 is 17.7 Å². The van der Waals surface area contributed by atoms with Crippen LogP contribution in [0.4, 0.5) is 8.78 Å². The van der Waals surface area contributed by atoms with Crippen molar-refractivity contribution in [3.8, 4) is 0 Å². The second kappa shape index (κ2) is 7.57. The van der Waals surface area contributed by atoms with E-state index in [4.69, 9.17) is 9.98 Å². The maximum Gasteiger partial charge on any atom is 0.131 e. The van der Waals surface area contributed by atoms with Crippen molar-refractivity contribution >= 4 is 22.5 Å². The fourth-order valence-electron chi connectivity index (χ4n) is 4.52. The van der Waals surface area contributed by atoms with Gasteiger partial charge < -0.3 is 0 Å². The van der Waals surface area contributed by atoms with E-state index in [9.17, 15) is 8.78 Å². The zero-order chi connectivity index (χ0) is 20.0. The number of benzene rings is 1. The molecule has 0 N–H and O–H groups in total. The largest absolute Gasteiger partial charge is 0.285 e. The van der Waals surface area contributed by atoms with E-state index in [2.05, 4.69) is 21.8 Å². The number of aliphatic imine (C=N–C) groups is 2. The summed E-state index contributed by atoms with van der Waals surface area (Å²) in [5.41, 5.74) is 2.14. The highest BCUT2D eigenvalue weighted by Gasteiger charge is 2.40. The molecule has 150 valence electrons. The molecule has 4 heterocycles. The lowest BCUT2D eigenvalue weighted by atomic mass is 9.91. The molecule has 0 bridgehead atoms. The number of thioether (sulfide) groups is 1. The van der Waals surface area contributed by atoms with Gasteiger partial charge in [-0.05, 0) is 31.9 Å². The third-order valence-electron chi connectivity index (χ3n) is 5.89. The summed E-state index contributed by atoms with van der Waals surface area (Å²) in [6, 6.07) is 3.60. The van der Waals surface area contributed by atoms with Gasteiger partial charge in [-0.2, -0.15) is 0 Å². The molecule has 8 heteroatoms. The van der Waals surface area contributed by atoms with E-state index >= 15 is 0 Å². The minimum atomic E-state index is -0.505. The summed E-state index contributed by atoms with van der Waals surface area (Å²) in [5.74, 6) is -0.783. The topological polar surface area (TPSA) is 53.7 Å². The first-order chi connectivity index (χ1) is 14.1. The van der Waals surface area contributed by atoms with Crippen molar-refractivity contribution in [1.82, 2.24) is 14.9 Å². The van der Waals surface area contributed by atoms with Gasteiger partial charge in [0.25, 0.3) is 0 Å². The lowest BCUT2D eigenvalue weighted by molar-refractivity contribution is 0.177. The lowest BCUT2D eigenvalue weighted by Gasteiger charge is -2.35. The molecule has 0 spiro atoms. The van der Waals surface area contributed by atoms with Gasteiger partial charge in [0.15, 0.2) is 0 Å². The molecule has 1 saturated heterocycles.